The molecule has 1 aliphatic rings. The lowest BCUT2D eigenvalue weighted by Gasteiger charge is -2.31. The van der Waals surface area contributed by atoms with Gasteiger partial charge in [-0.25, -0.2) is 4.98 Å². The van der Waals surface area contributed by atoms with E-state index in [4.69, 9.17) is 11.6 Å². The number of nitrogens with zero attached hydrogens (tertiary/aromatic N) is 2. The number of nitrogens with one attached hydrogen (secondary N) is 1. The van der Waals surface area contributed by atoms with Crippen LogP contribution < -0.4 is 5.32 Å². The fourth-order valence-corrected chi connectivity index (χ4v) is 5.30. The average molecular weight is 482 g/mol. The van der Waals surface area contributed by atoms with Crippen molar-refractivity contribution in [2.75, 3.05) is 18.4 Å². The van der Waals surface area contributed by atoms with Crippen LogP contribution in [0.15, 0.2) is 54.6 Å². The smallest absolute Gasteiger partial charge is 0.229 e. The van der Waals surface area contributed by atoms with Gasteiger partial charge in [0.25, 0.3) is 0 Å². The number of carbonyl (C=O) groups is 2. The number of halogens is 1. The molecule has 0 bridgehead atoms. The van der Waals surface area contributed by atoms with E-state index in [2.05, 4.69) is 10.3 Å². The van der Waals surface area contributed by atoms with E-state index < -0.39 is 0 Å². The zero-order valence-electron chi connectivity index (χ0n) is 18.7. The number of carbonyl (C=O) groups excluding carboxylic acids is 2. The molecule has 4 rings (SSSR count). The van der Waals surface area contributed by atoms with Crippen LogP contribution in [-0.4, -0.2) is 34.8 Å². The number of amides is 2. The summed E-state index contributed by atoms with van der Waals surface area (Å²) in [6, 6.07) is 17.8. The minimum absolute atomic E-state index is 0.00979. The van der Waals surface area contributed by atoms with Gasteiger partial charge in [-0.3, -0.25) is 9.59 Å². The molecule has 0 aliphatic carbocycles. The molecule has 33 heavy (non-hydrogen) atoms. The quantitative estimate of drug-likeness (QED) is 0.484. The molecular weight excluding hydrogens is 454 g/mol. The molecule has 172 valence electrons. The Morgan fingerprint density at radius 3 is 2.52 bits per heavy atom. The summed E-state index contributed by atoms with van der Waals surface area (Å²) in [6.45, 7) is 3.21. The summed E-state index contributed by atoms with van der Waals surface area (Å²) in [7, 11) is 0. The Morgan fingerprint density at radius 1 is 1.09 bits per heavy atom. The largest absolute Gasteiger partial charge is 0.343 e. The third-order valence-corrected chi connectivity index (χ3v) is 7.56. The van der Waals surface area contributed by atoms with E-state index >= 15 is 0 Å². The van der Waals surface area contributed by atoms with Gasteiger partial charge in [-0.2, -0.15) is 0 Å². The Labute approximate surface area is 203 Å². The lowest BCUT2D eigenvalue weighted by atomic mass is 9.95. The van der Waals surface area contributed by atoms with Crippen LogP contribution in [0.3, 0.4) is 0 Å². The van der Waals surface area contributed by atoms with Gasteiger partial charge in [0.15, 0.2) is 5.13 Å². The number of likely N-dealkylation sites (tertiary alicyclic amines) is 1. The predicted molar refractivity (Wildman–Crippen MR) is 134 cm³/mol. The highest BCUT2D eigenvalue weighted by atomic mass is 35.5. The average Bonchev–Trinajstić information content (AvgIpc) is 3.18. The molecule has 5 nitrogen and oxygen atoms in total. The van der Waals surface area contributed by atoms with Crippen molar-refractivity contribution >= 4 is 39.9 Å². The monoisotopic (exact) mass is 481 g/mol. The molecule has 7 heteroatoms. The molecule has 0 atom stereocenters. The van der Waals surface area contributed by atoms with Crippen molar-refractivity contribution < 1.29 is 9.59 Å². The summed E-state index contributed by atoms with van der Waals surface area (Å²) in [6.07, 6.45) is 3.31. The zero-order valence-corrected chi connectivity index (χ0v) is 20.3. The summed E-state index contributed by atoms with van der Waals surface area (Å²) < 4.78 is 0. The number of aryl methyl sites for hydroxylation is 2. The molecule has 1 aliphatic heterocycles. The van der Waals surface area contributed by atoms with Crippen molar-refractivity contribution in [1.82, 2.24) is 9.88 Å². The molecule has 2 heterocycles. The molecule has 0 radical (unpaired) electrons. The Bertz CT molecular complexity index is 1110. The van der Waals surface area contributed by atoms with Gasteiger partial charge >= 0.3 is 0 Å². The second kappa shape index (κ2) is 10.9. The fourth-order valence-electron chi connectivity index (χ4n) is 4.11. The van der Waals surface area contributed by atoms with Crippen LogP contribution in [0.25, 0.3) is 0 Å². The van der Waals surface area contributed by atoms with Crippen molar-refractivity contribution in [2.24, 2.45) is 5.92 Å². The molecule has 1 N–H and O–H groups in total. The van der Waals surface area contributed by atoms with Crippen LogP contribution in [0.2, 0.25) is 5.02 Å². The molecule has 0 spiro atoms. The number of benzene rings is 2. The molecule has 2 amide bonds. The highest BCUT2D eigenvalue weighted by Crippen LogP contribution is 2.29. The number of hydrogen-bond donors (Lipinski definition) is 1. The minimum Gasteiger partial charge on any atom is -0.343 e. The van der Waals surface area contributed by atoms with Gasteiger partial charge in [0.2, 0.25) is 11.8 Å². The Hall–Kier alpha value is -2.70. The predicted octanol–water partition coefficient (Wildman–Crippen LogP) is 5.51. The van der Waals surface area contributed by atoms with Crippen LogP contribution in [0, 0.1) is 12.8 Å². The van der Waals surface area contributed by atoms with Crippen LogP contribution in [0.5, 0.6) is 0 Å². The molecule has 0 unspecified atom stereocenters. The van der Waals surface area contributed by atoms with E-state index in [1.54, 1.807) is 0 Å². The first-order valence-electron chi connectivity index (χ1n) is 11.3. The molecule has 3 aromatic rings. The van der Waals surface area contributed by atoms with E-state index in [1.165, 1.54) is 16.9 Å². The fraction of sp³-hybridized carbons (Fsp3) is 0.346. The molecule has 1 fully saturated rings. The minimum atomic E-state index is -0.0978. The van der Waals surface area contributed by atoms with Crippen molar-refractivity contribution in [3.63, 3.8) is 0 Å². The molecule has 0 saturated carbocycles. The Morgan fingerprint density at radius 2 is 1.79 bits per heavy atom. The van der Waals surface area contributed by atoms with E-state index in [-0.39, 0.29) is 17.7 Å². The summed E-state index contributed by atoms with van der Waals surface area (Å²) in [5.74, 6) is 0.0568. The topological polar surface area (TPSA) is 62.3 Å². The number of piperidine rings is 1. The van der Waals surface area contributed by atoms with E-state index in [9.17, 15) is 9.59 Å². The summed E-state index contributed by atoms with van der Waals surface area (Å²) >= 11 is 7.79. The van der Waals surface area contributed by atoms with Crippen LogP contribution >= 0.6 is 22.9 Å². The Balaban J connectivity index is 1.26. The van der Waals surface area contributed by atoms with Crippen molar-refractivity contribution in [1.29, 1.82) is 0 Å². The van der Waals surface area contributed by atoms with Crippen molar-refractivity contribution in [3.8, 4) is 0 Å². The normalized spacial score (nSPS) is 14.3. The molecular formula is C26H28ClN3O2S. The van der Waals surface area contributed by atoms with Crippen LogP contribution in [0.1, 0.15) is 41.0 Å². The maximum absolute atomic E-state index is 12.8. The number of thiazole rings is 1. The first kappa shape index (κ1) is 23.5. The highest BCUT2D eigenvalue weighted by molar-refractivity contribution is 7.15. The third-order valence-electron chi connectivity index (χ3n) is 6.12. The van der Waals surface area contributed by atoms with E-state index in [0.29, 0.717) is 43.9 Å². The Kier molecular flexibility index (Phi) is 7.78. The van der Waals surface area contributed by atoms with Gasteiger partial charge in [-0.1, -0.05) is 60.1 Å². The second-order valence-corrected chi connectivity index (χ2v) is 9.92. The first-order valence-corrected chi connectivity index (χ1v) is 12.5. The number of hydrogen-bond acceptors (Lipinski definition) is 4. The van der Waals surface area contributed by atoms with Gasteiger partial charge in [-0.15, -0.1) is 11.3 Å². The molecule has 1 aromatic heterocycles. The van der Waals surface area contributed by atoms with Gasteiger partial charge in [0, 0.05) is 41.7 Å². The number of anilines is 1. The lowest BCUT2D eigenvalue weighted by molar-refractivity contribution is -0.134. The van der Waals surface area contributed by atoms with Crippen molar-refractivity contribution in [3.05, 3.63) is 81.3 Å². The third kappa shape index (κ3) is 6.21. The maximum Gasteiger partial charge on any atom is 0.229 e. The van der Waals surface area contributed by atoms with Gasteiger partial charge in [-0.05, 0) is 43.4 Å². The first-order chi connectivity index (χ1) is 16.0. The summed E-state index contributed by atoms with van der Waals surface area (Å²) in [4.78, 5) is 32.9. The lowest BCUT2D eigenvalue weighted by Crippen LogP contribution is -2.41. The van der Waals surface area contributed by atoms with Crippen LogP contribution in [-0.2, 0) is 22.4 Å². The second-order valence-electron chi connectivity index (χ2n) is 8.43. The number of rotatable bonds is 7. The standard InChI is InChI=1S/C26H28ClN3O2S/c1-18-23(17-21-9-5-6-10-22(21)27)33-26(28-18)29-25(32)20-13-15-30(16-14-20)24(31)12-11-19-7-3-2-4-8-19/h2-10,20H,11-17H2,1H3,(H,28,29,32). The van der Waals surface area contributed by atoms with Gasteiger partial charge in [0.05, 0.1) is 5.69 Å². The van der Waals surface area contributed by atoms with Gasteiger partial charge < -0.3 is 10.2 Å². The van der Waals surface area contributed by atoms with E-state index in [0.717, 1.165) is 27.6 Å². The van der Waals surface area contributed by atoms with E-state index in [1.807, 2.05) is 66.4 Å². The van der Waals surface area contributed by atoms with Crippen LogP contribution in [0.4, 0.5) is 5.13 Å². The molecule has 2 aromatic carbocycles. The summed E-state index contributed by atoms with van der Waals surface area (Å²) in [5, 5.41) is 4.36. The summed E-state index contributed by atoms with van der Waals surface area (Å²) in [5.41, 5.74) is 3.13. The highest BCUT2D eigenvalue weighted by Gasteiger charge is 2.28. The molecule has 1 saturated heterocycles. The van der Waals surface area contributed by atoms with Gasteiger partial charge in [0.1, 0.15) is 0 Å². The zero-order chi connectivity index (χ0) is 23.2. The maximum atomic E-state index is 12.8. The number of aromatic nitrogens is 1. The van der Waals surface area contributed by atoms with Crippen molar-refractivity contribution in [2.45, 2.75) is 39.0 Å². The SMILES string of the molecule is Cc1nc(NC(=O)C2CCN(C(=O)CCc3ccccc3)CC2)sc1Cc1ccccc1Cl.